The topological polar surface area (TPSA) is 80.0 Å². The average Bonchev–Trinajstić information content (AvgIpc) is 3.03. The number of urea groups is 1. The minimum atomic E-state index is -0.341. The highest BCUT2D eigenvalue weighted by Gasteiger charge is 2.10. The lowest BCUT2D eigenvalue weighted by atomic mass is 10.2. The van der Waals surface area contributed by atoms with Gasteiger partial charge >= 0.3 is 6.03 Å². The van der Waals surface area contributed by atoms with E-state index in [0.717, 1.165) is 16.8 Å². The predicted molar refractivity (Wildman–Crippen MR) is 91.8 cm³/mol. The summed E-state index contributed by atoms with van der Waals surface area (Å²) in [6, 6.07) is 14.3. The molecule has 0 saturated heterocycles. The van der Waals surface area contributed by atoms with E-state index < -0.39 is 0 Å². The van der Waals surface area contributed by atoms with Gasteiger partial charge in [-0.3, -0.25) is 0 Å². The van der Waals surface area contributed by atoms with E-state index in [9.17, 15) is 4.79 Å². The number of nitrogens with zero attached hydrogens (tertiary/aromatic N) is 2. The van der Waals surface area contributed by atoms with Gasteiger partial charge in [0.25, 0.3) is 0 Å². The van der Waals surface area contributed by atoms with Crippen LogP contribution in [0.4, 0.5) is 10.5 Å². The minimum Gasteiger partial charge on any atom is -0.337 e. The number of aromatic nitrogens is 2. The van der Waals surface area contributed by atoms with Gasteiger partial charge in [0, 0.05) is 16.3 Å². The second-order valence-corrected chi connectivity index (χ2v) is 5.63. The number of nitrogens with one attached hydrogen (secondary N) is 2. The largest absolute Gasteiger partial charge is 0.337 e. The van der Waals surface area contributed by atoms with Crippen LogP contribution in [0.3, 0.4) is 0 Å². The highest BCUT2D eigenvalue weighted by molar-refractivity contribution is 6.30. The van der Waals surface area contributed by atoms with Gasteiger partial charge in [-0.2, -0.15) is 4.98 Å². The molecule has 0 aliphatic heterocycles. The summed E-state index contributed by atoms with van der Waals surface area (Å²) in [5.41, 5.74) is 2.58. The number of hydrogen-bond acceptors (Lipinski definition) is 4. The van der Waals surface area contributed by atoms with Gasteiger partial charge in [-0.25, -0.2) is 4.79 Å². The number of halogens is 1. The molecule has 1 heterocycles. The fourth-order valence-corrected chi connectivity index (χ4v) is 2.22. The molecule has 0 unspecified atom stereocenters. The van der Waals surface area contributed by atoms with Crippen LogP contribution in [0.1, 0.15) is 11.5 Å². The molecule has 0 saturated carbocycles. The summed E-state index contributed by atoms with van der Waals surface area (Å²) >= 11 is 5.85. The first kappa shape index (κ1) is 16.0. The maximum atomic E-state index is 11.9. The van der Waals surface area contributed by atoms with Crippen LogP contribution in [0.25, 0.3) is 11.4 Å². The number of rotatable bonds is 4. The lowest BCUT2D eigenvalue weighted by Crippen LogP contribution is -2.28. The Morgan fingerprint density at radius 3 is 2.75 bits per heavy atom. The van der Waals surface area contributed by atoms with Crippen LogP contribution in [0.15, 0.2) is 53.1 Å². The zero-order valence-corrected chi connectivity index (χ0v) is 13.7. The average molecular weight is 343 g/mol. The molecule has 0 aliphatic rings. The number of hydrogen-bond donors (Lipinski definition) is 2. The monoisotopic (exact) mass is 342 g/mol. The van der Waals surface area contributed by atoms with Crippen LogP contribution < -0.4 is 10.6 Å². The van der Waals surface area contributed by atoms with Crippen molar-refractivity contribution in [3.8, 4) is 11.4 Å². The lowest BCUT2D eigenvalue weighted by molar-refractivity contribution is 0.249. The van der Waals surface area contributed by atoms with Crippen molar-refractivity contribution < 1.29 is 9.32 Å². The number of amides is 2. The van der Waals surface area contributed by atoms with Gasteiger partial charge in [0.2, 0.25) is 11.7 Å². The highest BCUT2D eigenvalue weighted by atomic mass is 35.5. The quantitative estimate of drug-likeness (QED) is 0.750. The SMILES string of the molecule is Cc1cccc(NC(=O)NCc2nc(-c3ccc(Cl)cc3)no2)c1. The zero-order valence-electron chi connectivity index (χ0n) is 12.9. The highest BCUT2D eigenvalue weighted by Crippen LogP contribution is 2.18. The summed E-state index contributed by atoms with van der Waals surface area (Å²) in [5.74, 6) is 0.766. The molecule has 6 nitrogen and oxygen atoms in total. The number of benzene rings is 2. The molecule has 2 N–H and O–H groups in total. The molecule has 7 heteroatoms. The molecule has 1 aromatic heterocycles. The van der Waals surface area contributed by atoms with Crippen LogP contribution in [-0.2, 0) is 6.54 Å². The minimum absolute atomic E-state index is 0.137. The first-order chi connectivity index (χ1) is 11.6. The molecule has 24 heavy (non-hydrogen) atoms. The van der Waals surface area contributed by atoms with E-state index in [2.05, 4.69) is 20.8 Å². The zero-order chi connectivity index (χ0) is 16.9. The van der Waals surface area contributed by atoms with Gasteiger partial charge in [-0.05, 0) is 48.9 Å². The van der Waals surface area contributed by atoms with E-state index >= 15 is 0 Å². The molecule has 0 radical (unpaired) electrons. The van der Waals surface area contributed by atoms with Crippen molar-refractivity contribution in [2.45, 2.75) is 13.5 Å². The maximum Gasteiger partial charge on any atom is 0.319 e. The molecule has 122 valence electrons. The van der Waals surface area contributed by atoms with E-state index in [1.807, 2.05) is 31.2 Å². The summed E-state index contributed by atoms with van der Waals surface area (Å²) in [7, 11) is 0. The van der Waals surface area contributed by atoms with E-state index in [-0.39, 0.29) is 12.6 Å². The van der Waals surface area contributed by atoms with Crippen molar-refractivity contribution in [1.82, 2.24) is 15.5 Å². The Labute approximate surface area is 143 Å². The van der Waals surface area contributed by atoms with Crippen LogP contribution in [0.2, 0.25) is 5.02 Å². The van der Waals surface area contributed by atoms with Crippen LogP contribution in [0, 0.1) is 6.92 Å². The third-order valence-electron chi connectivity index (χ3n) is 3.25. The first-order valence-corrected chi connectivity index (χ1v) is 7.68. The number of carbonyl (C=O) groups excluding carboxylic acids is 1. The van der Waals surface area contributed by atoms with Gasteiger partial charge < -0.3 is 15.2 Å². The van der Waals surface area contributed by atoms with Gasteiger partial charge in [-0.15, -0.1) is 0 Å². The molecule has 2 aromatic carbocycles. The van der Waals surface area contributed by atoms with Crippen molar-refractivity contribution >= 4 is 23.3 Å². The molecule has 3 rings (SSSR count). The molecule has 0 bridgehead atoms. The number of anilines is 1. The lowest BCUT2D eigenvalue weighted by Gasteiger charge is -2.06. The van der Waals surface area contributed by atoms with Crippen molar-refractivity contribution in [2.24, 2.45) is 0 Å². The Hall–Kier alpha value is -2.86. The summed E-state index contributed by atoms with van der Waals surface area (Å²) < 4.78 is 5.13. The van der Waals surface area contributed by atoms with E-state index in [1.54, 1.807) is 24.3 Å². The number of aryl methyl sites for hydroxylation is 1. The summed E-state index contributed by atoms with van der Waals surface area (Å²) in [6.07, 6.45) is 0. The van der Waals surface area contributed by atoms with Crippen molar-refractivity contribution in [2.75, 3.05) is 5.32 Å². The third-order valence-corrected chi connectivity index (χ3v) is 3.50. The molecule has 0 fully saturated rings. The van der Waals surface area contributed by atoms with Gasteiger partial charge in [-0.1, -0.05) is 28.9 Å². The maximum absolute atomic E-state index is 11.9. The Bertz CT molecular complexity index is 846. The molecule has 0 aliphatic carbocycles. The summed E-state index contributed by atoms with van der Waals surface area (Å²) in [4.78, 5) is 16.1. The van der Waals surface area contributed by atoms with E-state index in [4.69, 9.17) is 16.1 Å². The van der Waals surface area contributed by atoms with Gasteiger partial charge in [0.05, 0.1) is 6.54 Å². The van der Waals surface area contributed by atoms with Gasteiger partial charge in [0.15, 0.2) is 0 Å². The van der Waals surface area contributed by atoms with Crippen molar-refractivity contribution in [3.63, 3.8) is 0 Å². The van der Waals surface area contributed by atoms with Crippen molar-refractivity contribution in [1.29, 1.82) is 0 Å². The van der Waals surface area contributed by atoms with Crippen molar-refractivity contribution in [3.05, 3.63) is 65.0 Å². The van der Waals surface area contributed by atoms with Gasteiger partial charge in [0.1, 0.15) is 0 Å². The standard InChI is InChI=1S/C17H15ClN4O2/c1-11-3-2-4-14(9-11)20-17(23)19-10-15-21-16(22-24-15)12-5-7-13(18)8-6-12/h2-9H,10H2,1H3,(H2,19,20,23). The second kappa shape index (κ2) is 7.14. The predicted octanol–water partition coefficient (Wildman–Crippen LogP) is 4.02. The molecule has 2 amide bonds. The summed E-state index contributed by atoms with van der Waals surface area (Å²) in [5, 5.41) is 9.94. The van der Waals surface area contributed by atoms with E-state index in [0.29, 0.717) is 16.7 Å². The fourth-order valence-electron chi connectivity index (χ4n) is 2.10. The fraction of sp³-hybridized carbons (Fsp3) is 0.118. The second-order valence-electron chi connectivity index (χ2n) is 5.20. The van der Waals surface area contributed by atoms with Crippen LogP contribution in [0.5, 0.6) is 0 Å². The summed E-state index contributed by atoms with van der Waals surface area (Å²) in [6.45, 7) is 2.10. The third kappa shape index (κ3) is 4.11. The molecule has 3 aromatic rings. The Morgan fingerprint density at radius 1 is 1.21 bits per heavy atom. The van der Waals surface area contributed by atoms with E-state index in [1.165, 1.54) is 0 Å². The Balaban J connectivity index is 1.57. The molecule has 0 spiro atoms. The molecule has 0 atom stereocenters. The molecular formula is C17H15ClN4O2. The molecular weight excluding hydrogens is 328 g/mol. The Morgan fingerprint density at radius 2 is 2.00 bits per heavy atom. The first-order valence-electron chi connectivity index (χ1n) is 7.30. The Kier molecular flexibility index (Phi) is 4.77. The normalized spacial score (nSPS) is 10.4. The smallest absolute Gasteiger partial charge is 0.319 e. The van der Waals surface area contributed by atoms with Crippen LogP contribution >= 0.6 is 11.6 Å². The number of carbonyl (C=O) groups is 1. The van der Waals surface area contributed by atoms with Crippen LogP contribution in [-0.4, -0.2) is 16.2 Å².